The first-order chi connectivity index (χ1) is 11.3. The van der Waals surface area contributed by atoms with E-state index in [2.05, 4.69) is 15.2 Å². The van der Waals surface area contributed by atoms with Gasteiger partial charge in [-0.2, -0.15) is 0 Å². The Morgan fingerprint density at radius 3 is 2.70 bits per heavy atom. The normalized spacial score (nSPS) is 10.7. The van der Waals surface area contributed by atoms with Gasteiger partial charge < -0.3 is 4.74 Å². The van der Waals surface area contributed by atoms with Crippen molar-refractivity contribution in [3.05, 3.63) is 59.9 Å². The molecular formula is C17H16FN3OS. The van der Waals surface area contributed by atoms with Gasteiger partial charge in [0.05, 0.1) is 12.2 Å². The van der Waals surface area contributed by atoms with Crippen molar-refractivity contribution in [3.8, 4) is 17.1 Å². The average molecular weight is 329 g/mol. The largest absolute Gasteiger partial charge is 0.493 e. The van der Waals surface area contributed by atoms with E-state index in [0.29, 0.717) is 23.3 Å². The number of aromatic amines is 1. The third-order valence-electron chi connectivity index (χ3n) is 3.19. The van der Waals surface area contributed by atoms with E-state index >= 15 is 0 Å². The van der Waals surface area contributed by atoms with E-state index in [1.54, 1.807) is 12.1 Å². The molecule has 0 radical (unpaired) electrons. The van der Waals surface area contributed by atoms with Gasteiger partial charge in [-0.1, -0.05) is 36.0 Å². The number of ether oxygens (including phenoxy) is 1. The Hall–Kier alpha value is -2.34. The molecule has 0 saturated carbocycles. The van der Waals surface area contributed by atoms with Crippen molar-refractivity contribution < 1.29 is 9.13 Å². The summed E-state index contributed by atoms with van der Waals surface area (Å²) < 4.78 is 18.5. The van der Waals surface area contributed by atoms with Gasteiger partial charge in [0.15, 0.2) is 5.82 Å². The zero-order chi connectivity index (χ0) is 16.1. The predicted octanol–water partition coefficient (Wildman–Crippen LogP) is 4.30. The minimum absolute atomic E-state index is 0.230. The minimum atomic E-state index is -0.230. The van der Waals surface area contributed by atoms with Crippen molar-refractivity contribution in [2.75, 3.05) is 6.61 Å². The molecule has 118 valence electrons. The number of hydrogen-bond donors (Lipinski definition) is 1. The maximum Gasteiger partial charge on any atom is 0.209 e. The topological polar surface area (TPSA) is 50.8 Å². The van der Waals surface area contributed by atoms with Crippen LogP contribution in [0.4, 0.5) is 4.39 Å². The van der Waals surface area contributed by atoms with Gasteiger partial charge in [0.25, 0.3) is 0 Å². The molecule has 2 aromatic carbocycles. The molecule has 6 heteroatoms. The number of halogens is 1. The van der Waals surface area contributed by atoms with Crippen LogP contribution in [0.15, 0.2) is 53.7 Å². The predicted molar refractivity (Wildman–Crippen MR) is 88.9 cm³/mol. The summed E-state index contributed by atoms with van der Waals surface area (Å²) in [6.07, 6.45) is 0. The zero-order valence-electron chi connectivity index (χ0n) is 12.6. The molecule has 4 nitrogen and oxygen atoms in total. The van der Waals surface area contributed by atoms with Crippen LogP contribution in [-0.2, 0) is 5.75 Å². The maximum absolute atomic E-state index is 12.9. The first kappa shape index (κ1) is 15.6. The lowest BCUT2D eigenvalue weighted by molar-refractivity contribution is 0.341. The highest BCUT2D eigenvalue weighted by molar-refractivity contribution is 7.98. The molecule has 0 unspecified atom stereocenters. The molecule has 0 aliphatic carbocycles. The van der Waals surface area contributed by atoms with Crippen molar-refractivity contribution in [3.63, 3.8) is 0 Å². The second-order valence-corrected chi connectivity index (χ2v) is 5.75. The van der Waals surface area contributed by atoms with Gasteiger partial charge in [0, 0.05) is 5.75 Å². The Bertz CT molecular complexity index is 774. The lowest BCUT2D eigenvalue weighted by Crippen LogP contribution is -1.94. The van der Waals surface area contributed by atoms with Crippen molar-refractivity contribution in [1.29, 1.82) is 0 Å². The quantitative estimate of drug-likeness (QED) is 0.685. The minimum Gasteiger partial charge on any atom is -0.493 e. The summed E-state index contributed by atoms with van der Waals surface area (Å²) in [5.41, 5.74) is 1.91. The van der Waals surface area contributed by atoms with Crippen LogP contribution < -0.4 is 4.74 Å². The molecule has 0 aliphatic heterocycles. The first-order valence-corrected chi connectivity index (χ1v) is 8.26. The fourth-order valence-electron chi connectivity index (χ4n) is 2.10. The van der Waals surface area contributed by atoms with Gasteiger partial charge in [0.2, 0.25) is 5.16 Å². The standard InChI is InChI=1S/C17H16FN3OS/c1-2-22-15-6-4-3-5-14(15)16-19-17(21-20-16)23-11-12-7-9-13(18)10-8-12/h3-10H,2,11H2,1H3,(H,19,20,21). The summed E-state index contributed by atoms with van der Waals surface area (Å²) in [6, 6.07) is 14.2. The maximum atomic E-state index is 12.9. The fourth-order valence-corrected chi connectivity index (χ4v) is 2.86. The number of hydrogen-bond acceptors (Lipinski definition) is 4. The van der Waals surface area contributed by atoms with E-state index in [1.807, 2.05) is 31.2 Å². The highest BCUT2D eigenvalue weighted by Crippen LogP contribution is 2.29. The third-order valence-corrected chi connectivity index (χ3v) is 4.11. The Labute approximate surface area is 138 Å². The highest BCUT2D eigenvalue weighted by atomic mass is 32.2. The highest BCUT2D eigenvalue weighted by Gasteiger charge is 2.11. The van der Waals surface area contributed by atoms with Gasteiger partial charge in [0.1, 0.15) is 11.6 Å². The van der Waals surface area contributed by atoms with Gasteiger partial charge in [-0.05, 0) is 36.8 Å². The van der Waals surface area contributed by atoms with Crippen LogP contribution in [0, 0.1) is 5.82 Å². The molecule has 0 spiro atoms. The molecule has 3 rings (SSSR count). The molecule has 1 heterocycles. The molecule has 0 amide bonds. The summed E-state index contributed by atoms with van der Waals surface area (Å²) in [6.45, 7) is 2.54. The lowest BCUT2D eigenvalue weighted by Gasteiger charge is -2.06. The van der Waals surface area contributed by atoms with E-state index in [0.717, 1.165) is 16.9 Å². The molecule has 0 saturated heterocycles. The van der Waals surface area contributed by atoms with Crippen molar-refractivity contribution in [1.82, 2.24) is 15.2 Å². The summed E-state index contributed by atoms with van der Waals surface area (Å²) in [7, 11) is 0. The molecule has 1 N–H and O–H groups in total. The Kier molecular flexibility index (Phi) is 4.92. The Morgan fingerprint density at radius 1 is 1.13 bits per heavy atom. The number of aromatic nitrogens is 3. The fraction of sp³-hybridized carbons (Fsp3) is 0.176. The third kappa shape index (κ3) is 3.90. The number of rotatable bonds is 6. The van der Waals surface area contributed by atoms with Crippen LogP contribution >= 0.6 is 11.8 Å². The van der Waals surface area contributed by atoms with Crippen molar-refractivity contribution in [2.24, 2.45) is 0 Å². The number of para-hydroxylation sites is 1. The van der Waals surface area contributed by atoms with E-state index in [-0.39, 0.29) is 5.82 Å². The number of nitrogens with zero attached hydrogens (tertiary/aromatic N) is 2. The van der Waals surface area contributed by atoms with Crippen LogP contribution in [0.2, 0.25) is 0 Å². The van der Waals surface area contributed by atoms with E-state index < -0.39 is 0 Å². The summed E-state index contributed by atoms with van der Waals surface area (Å²) in [5, 5.41) is 7.82. The average Bonchev–Trinajstić information content (AvgIpc) is 3.04. The SMILES string of the molecule is CCOc1ccccc1-c1nc(SCc2ccc(F)cc2)n[nH]1. The van der Waals surface area contributed by atoms with Gasteiger partial charge in [-0.3, -0.25) is 5.10 Å². The van der Waals surface area contributed by atoms with Crippen LogP contribution in [0.1, 0.15) is 12.5 Å². The number of thioether (sulfide) groups is 1. The second-order valence-electron chi connectivity index (χ2n) is 4.81. The van der Waals surface area contributed by atoms with Crippen LogP contribution in [0.5, 0.6) is 5.75 Å². The van der Waals surface area contributed by atoms with Crippen LogP contribution in [0.25, 0.3) is 11.4 Å². The smallest absolute Gasteiger partial charge is 0.209 e. The zero-order valence-corrected chi connectivity index (χ0v) is 13.4. The summed E-state index contributed by atoms with van der Waals surface area (Å²) >= 11 is 1.50. The lowest BCUT2D eigenvalue weighted by atomic mass is 10.2. The van der Waals surface area contributed by atoms with Gasteiger partial charge >= 0.3 is 0 Å². The second kappa shape index (κ2) is 7.28. The molecular weight excluding hydrogens is 313 g/mol. The van der Waals surface area contributed by atoms with E-state index in [9.17, 15) is 4.39 Å². The van der Waals surface area contributed by atoms with E-state index in [4.69, 9.17) is 4.74 Å². The summed E-state index contributed by atoms with van der Waals surface area (Å²) in [4.78, 5) is 4.50. The van der Waals surface area contributed by atoms with E-state index in [1.165, 1.54) is 23.9 Å². The summed E-state index contributed by atoms with van der Waals surface area (Å²) in [5.74, 6) is 1.91. The molecule has 0 bridgehead atoms. The molecule has 3 aromatic rings. The van der Waals surface area contributed by atoms with Gasteiger partial charge in [-0.25, -0.2) is 9.37 Å². The molecule has 0 fully saturated rings. The van der Waals surface area contributed by atoms with Gasteiger partial charge in [-0.15, -0.1) is 5.10 Å². The monoisotopic (exact) mass is 329 g/mol. The number of nitrogens with one attached hydrogen (secondary N) is 1. The first-order valence-electron chi connectivity index (χ1n) is 7.28. The number of benzene rings is 2. The van der Waals surface area contributed by atoms with Crippen LogP contribution in [-0.4, -0.2) is 21.8 Å². The van der Waals surface area contributed by atoms with Crippen molar-refractivity contribution >= 4 is 11.8 Å². The molecule has 23 heavy (non-hydrogen) atoms. The Morgan fingerprint density at radius 2 is 1.91 bits per heavy atom. The molecule has 0 atom stereocenters. The number of H-pyrrole nitrogens is 1. The molecule has 1 aromatic heterocycles. The van der Waals surface area contributed by atoms with Crippen LogP contribution in [0.3, 0.4) is 0 Å². The Balaban J connectivity index is 1.72. The molecule has 0 aliphatic rings. The van der Waals surface area contributed by atoms with Crippen molar-refractivity contribution in [2.45, 2.75) is 17.8 Å².